The smallest absolute Gasteiger partial charge is 0.131 e. The van der Waals surface area contributed by atoms with Crippen molar-refractivity contribution in [2.45, 2.75) is 37.9 Å². The highest BCUT2D eigenvalue weighted by molar-refractivity contribution is 5.68. The van der Waals surface area contributed by atoms with Crippen LogP contribution in [0.4, 0.5) is 8.78 Å². The number of hydrogen-bond acceptors (Lipinski definition) is 3. The zero-order valence-corrected chi connectivity index (χ0v) is 18.9. The molecule has 1 N–H and O–H groups in total. The first-order chi connectivity index (χ1) is 16.2. The third-order valence-electron chi connectivity index (χ3n) is 7.36. The minimum absolute atomic E-state index is 0.236. The van der Waals surface area contributed by atoms with E-state index in [4.69, 9.17) is 4.74 Å². The maximum atomic E-state index is 15.0. The van der Waals surface area contributed by atoms with Crippen molar-refractivity contribution in [1.29, 1.82) is 0 Å². The van der Waals surface area contributed by atoms with Gasteiger partial charge in [0, 0.05) is 35.3 Å². The van der Waals surface area contributed by atoms with Gasteiger partial charge in [0.25, 0.3) is 0 Å². The van der Waals surface area contributed by atoms with Crippen molar-refractivity contribution in [3.63, 3.8) is 0 Å². The Labute approximate surface area is 194 Å². The van der Waals surface area contributed by atoms with Crippen molar-refractivity contribution in [1.82, 2.24) is 10.2 Å². The summed E-state index contributed by atoms with van der Waals surface area (Å²) >= 11 is 0. The molecule has 3 nitrogen and oxygen atoms in total. The molecule has 3 saturated heterocycles. The van der Waals surface area contributed by atoms with Gasteiger partial charge in [-0.3, -0.25) is 4.90 Å². The molecular weight excluding hydrogens is 418 g/mol. The first kappa shape index (κ1) is 22.1. The second-order valence-corrected chi connectivity index (χ2v) is 9.12. The van der Waals surface area contributed by atoms with Crippen LogP contribution in [-0.2, 0) is 13.0 Å². The van der Waals surface area contributed by atoms with Gasteiger partial charge in [-0.15, -0.1) is 0 Å². The normalized spacial score (nSPS) is 24.1. The summed E-state index contributed by atoms with van der Waals surface area (Å²) in [5.41, 5.74) is 2.72. The van der Waals surface area contributed by atoms with Crippen molar-refractivity contribution in [3.8, 4) is 16.9 Å². The standard InChI is InChI=1S/C28H30F2N2O/c1-33-26-12-5-2-7-21(26)18-31-28-19-13-15-32(16-14-19)25(28)17-20-8-6-11-24(30)27(20)22-9-3-4-10-23(22)29/h2-12,19,25,28,31H,13-18H2,1H3/t25-,28+/m0/s1. The Morgan fingerprint density at radius 3 is 2.36 bits per heavy atom. The third-order valence-corrected chi connectivity index (χ3v) is 7.36. The maximum Gasteiger partial charge on any atom is 0.131 e. The Morgan fingerprint density at radius 2 is 1.58 bits per heavy atom. The van der Waals surface area contributed by atoms with Crippen LogP contribution >= 0.6 is 0 Å². The fourth-order valence-corrected chi connectivity index (χ4v) is 5.72. The van der Waals surface area contributed by atoms with E-state index >= 15 is 0 Å². The van der Waals surface area contributed by atoms with E-state index < -0.39 is 0 Å². The monoisotopic (exact) mass is 448 g/mol. The minimum Gasteiger partial charge on any atom is -0.496 e. The number of rotatable bonds is 7. The van der Waals surface area contributed by atoms with E-state index in [-0.39, 0.29) is 23.7 Å². The lowest BCUT2D eigenvalue weighted by atomic mass is 9.76. The Hall–Kier alpha value is -2.76. The Morgan fingerprint density at radius 1 is 0.879 bits per heavy atom. The van der Waals surface area contributed by atoms with Crippen LogP contribution in [0, 0.1) is 17.6 Å². The number of methoxy groups -OCH3 is 1. The summed E-state index contributed by atoms with van der Waals surface area (Å²) in [6.45, 7) is 2.85. The van der Waals surface area contributed by atoms with Gasteiger partial charge in [0.05, 0.1) is 7.11 Å². The van der Waals surface area contributed by atoms with Gasteiger partial charge in [-0.2, -0.15) is 0 Å². The Kier molecular flexibility index (Phi) is 6.43. The van der Waals surface area contributed by atoms with Crippen molar-refractivity contribution < 1.29 is 13.5 Å². The molecule has 3 fully saturated rings. The SMILES string of the molecule is COc1ccccc1CN[C@@H]1C2CCN(CC2)[C@H]1Cc1cccc(F)c1-c1ccccc1F. The van der Waals surface area contributed by atoms with Crippen LogP contribution in [0.15, 0.2) is 66.7 Å². The molecule has 3 aliphatic heterocycles. The molecular formula is C28H30F2N2O. The van der Waals surface area contributed by atoms with Gasteiger partial charge < -0.3 is 10.1 Å². The highest BCUT2D eigenvalue weighted by Gasteiger charge is 2.42. The largest absolute Gasteiger partial charge is 0.496 e. The second-order valence-electron chi connectivity index (χ2n) is 9.12. The molecule has 0 spiro atoms. The molecule has 0 amide bonds. The number of benzene rings is 3. The molecule has 0 aliphatic carbocycles. The number of para-hydroxylation sites is 1. The number of piperidine rings is 3. The van der Waals surface area contributed by atoms with Crippen LogP contribution in [0.5, 0.6) is 5.75 Å². The highest BCUT2D eigenvalue weighted by atomic mass is 19.1. The van der Waals surface area contributed by atoms with Gasteiger partial charge in [-0.25, -0.2) is 8.78 Å². The van der Waals surface area contributed by atoms with E-state index in [1.807, 2.05) is 24.3 Å². The Balaban J connectivity index is 1.43. The summed E-state index contributed by atoms with van der Waals surface area (Å²) in [6, 6.07) is 20.2. The van der Waals surface area contributed by atoms with E-state index in [0.717, 1.165) is 36.5 Å². The number of halogens is 2. The van der Waals surface area contributed by atoms with Crippen molar-refractivity contribution >= 4 is 0 Å². The lowest BCUT2D eigenvalue weighted by Crippen LogP contribution is -2.63. The molecule has 0 saturated carbocycles. The molecule has 3 aliphatic rings. The average Bonchev–Trinajstić information content (AvgIpc) is 2.85. The average molecular weight is 449 g/mol. The quantitative estimate of drug-likeness (QED) is 0.521. The van der Waals surface area contributed by atoms with Gasteiger partial charge >= 0.3 is 0 Å². The zero-order valence-electron chi connectivity index (χ0n) is 18.9. The van der Waals surface area contributed by atoms with Crippen LogP contribution in [0.3, 0.4) is 0 Å². The first-order valence-electron chi connectivity index (χ1n) is 11.8. The number of fused-ring (bicyclic) bond motifs is 3. The number of nitrogens with one attached hydrogen (secondary N) is 1. The van der Waals surface area contributed by atoms with Crippen LogP contribution in [0.25, 0.3) is 11.1 Å². The molecule has 0 radical (unpaired) electrons. The van der Waals surface area contributed by atoms with Crippen LogP contribution < -0.4 is 10.1 Å². The van der Waals surface area contributed by atoms with Crippen LogP contribution in [0.2, 0.25) is 0 Å². The lowest BCUT2D eigenvalue weighted by Gasteiger charge is -2.51. The summed E-state index contributed by atoms with van der Waals surface area (Å²) in [5, 5.41) is 3.81. The van der Waals surface area contributed by atoms with E-state index in [0.29, 0.717) is 23.5 Å². The molecule has 5 heteroatoms. The van der Waals surface area contributed by atoms with Gasteiger partial charge in [0.2, 0.25) is 0 Å². The molecule has 6 rings (SSSR count). The summed E-state index contributed by atoms with van der Waals surface area (Å²) < 4.78 is 35.1. The topological polar surface area (TPSA) is 24.5 Å². The summed E-state index contributed by atoms with van der Waals surface area (Å²) in [6.07, 6.45) is 3.02. The fraction of sp³-hybridized carbons (Fsp3) is 0.357. The Bertz CT molecular complexity index is 1110. The lowest BCUT2D eigenvalue weighted by molar-refractivity contribution is 0.0126. The molecule has 3 aromatic carbocycles. The van der Waals surface area contributed by atoms with E-state index in [2.05, 4.69) is 16.3 Å². The van der Waals surface area contributed by atoms with Gasteiger partial charge in [-0.1, -0.05) is 48.5 Å². The molecule has 33 heavy (non-hydrogen) atoms. The highest BCUT2D eigenvalue weighted by Crippen LogP contribution is 2.37. The first-order valence-corrected chi connectivity index (χ1v) is 11.8. The zero-order chi connectivity index (χ0) is 22.8. The van der Waals surface area contributed by atoms with Crippen molar-refractivity contribution in [2.75, 3.05) is 20.2 Å². The summed E-state index contributed by atoms with van der Waals surface area (Å²) in [7, 11) is 1.70. The van der Waals surface area contributed by atoms with Crippen molar-refractivity contribution in [2.24, 2.45) is 5.92 Å². The number of ether oxygens (including phenoxy) is 1. The van der Waals surface area contributed by atoms with E-state index in [1.54, 1.807) is 31.4 Å². The van der Waals surface area contributed by atoms with Crippen LogP contribution in [0.1, 0.15) is 24.0 Å². The number of nitrogens with zero attached hydrogens (tertiary/aromatic N) is 1. The van der Waals surface area contributed by atoms with E-state index in [9.17, 15) is 8.78 Å². The van der Waals surface area contributed by atoms with Crippen molar-refractivity contribution in [3.05, 3.63) is 89.5 Å². The van der Waals surface area contributed by atoms with Gasteiger partial charge in [0.15, 0.2) is 0 Å². The summed E-state index contributed by atoms with van der Waals surface area (Å²) in [4.78, 5) is 2.52. The molecule has 2 bridgehead atoms. The molecule has 0 aromatic heterocycles. The molecule has 2 atom stereocenters. The van der Waals surface area contributed by atoms with Gasteiger partial charge in [0.1, 0.15) is 17.4 Å². The number of hydrogen-bond donors (Lipinski definition) is 1. The third kappa shape index (κ3) is 4.40. The minimum atomic E-state index is -0.389. The fourth-order valence-electron chi connectivity index (χ4n) is 5.72. The maximum absolute atomic E-state index is 15.0. The molecule has 172 valence electrons. The molecule has 3 aromatic rings. The van der Waals surface area contributed by atoms with Gasteiger partial charge in [-0.05, 0) is 62.0 Å². The van der Waals surface area contributed by atoms with E-state index in [1.165, 1.54) is 25.0 Å². The molecule has 0 unspecified atom stereocenters. The predicted molar refractivity (Wildman–Crippen MR) is 127 cm³/mol. The summed E-state index contributed by atoms with van der Waals surface area (Å²) in [5.74, 6) is 0.710. The second kappa shape index (κ2) is 9.62. The molecule has 3 heterocycles. The van der Waals surface area contributed by atoms with Crippen LogP contribution in [-0.4, -0.2) is 37.2 Å². The predicted octanol–water partition coefficient (Wildman–Crippen LogP) is 5.44.